The molecule has 2 heterocycles. The monoisotopic (exact) mass is 212 g/mol. The molecule has 0 spiro atoms. The van der Waals surface area contributed by atoms with Crippen molar-refractivity contribution in [3.63, 3.8) is 0 Å². The number of hydrogen-bond acceptors (Lipinski definition) is 1. The van der Waals surface area contributed by atoms with Gasteiger partial charge < -0.3 is 9.59 Å². The number of fused-ring (bicyclic) bond motifs is 1. The van der Waals surface area contributed by atoms with Crippen LogP contribution in [0.3, 0.4) is 0 Å². The Morgan fingerprint density at radius 3 is 2.40 bits per heavy atom. The molecule has 2 aliphatic rings. The number of rotatable bonds is 1. The molecule has 0 aliphatic carbocycles. The normalized spacial score (nSPS) is 42.4. The minimum absolute atomic E-state index is 0.484. The van der Waals surface area contributed by atoms with Crippen LogP contribution < -0.4 is 0 Å². The van der Waals surface area contributed by atoms with Crippen molar-refractivity contribution in [2.45, 2.75) is 57.6 Å². The minimum atomic E-state index is -0.484. The Bertz CT molecular complexity index is 229. The van der Waals surface area contributed by atoms with Gasteiger partial charge in [-0.3, -0.25) is 0 Å². The summed E-state index contributed by atoms with van der Waals surface area (Å²) < 4.78 is 1.23. The molecule has 1 N–H and O–H groups in total. The van der Waals surface area contributed by atoms with Gasteiger partial charge in [0.15, 0.2) is 0 Å². The molecular weight excluding hydrogens is 186 g/mol. The Morgan fingerprint density at radius 1 is 1.07 bits per heavy atom. The van der Waals surface area contributed by atoms with Gasteiger partial charge in [0.2, 0.25) is 0 Å². The summed E-state index contributed by atoms with van der Waals surface area (Å²) in [6.07, 6.45) is 6.59. The lowest BCUT2D eigenvalue weighted by molar-refractivity contribution is -0.948. The molecule has 88 valence electrons. The lowest BCUT2D eigenvalue weighted by atomic mass is 9.73. The van der Waals surface area contributed by atoms with E-state index >= 15 is 0 Å². The molecule has 2 fully saturated rings. The summed E-state index contributed by atoms with van der Waals surface area (Å²) in [4.78, 5) is 0. The van der Waals surface area contributed by atoms with Gasteiger partial charge in [0.05, 0.1) is 31.8 Å². The second-order valence-corrected chi connectivity index (χ2v) is 6.39. The number of quaternary nitrogens is 1. The van der Waals surface area contributed by atoms with Crippen molar-refractivity contribution in [3.05, 3.63) is 0 Å². The van der Waals surface area contributed by atoms with Crippen molar-refractivity contribution in [3.8, 4) is 0 Å². The summed E-state index contributed by atoms with van der Waals surface area (Å²) in [5.41, 5.74) is -0.484. The lowest BCUT2D eigenvalue weighted by Gasteiger charge is -2.53. The first-order valence-corrected chi connectivity index (χ1v) is 6.50. The second kappa shape index (κ2) is 3.74. The largest absolute Gasteiger partial charge is 0.390 e. The maximum atomic E-state index is 10.3. The summed E-state index contributed by atoms with van der Waals surface area (Å²) in [7, 11) is 2.40. The van der Waals surface area contributed by atoms with Crippen molar-refractivity contribution in [2.75, 3.05) is 20.1 Å². The molecule has 2 aliphatic heterocycles. The first kappa shape index (κ1) is 11.4. The Morgan fingerprint density at radius 2 is 1.73 bits per heavy atom. The highest BCUT2D eigenvalue weighted by Crippen LogP contribution is 2.40. The van der Waals surface area contributed by atoms with Crippen LogP contribution in [0.2, 0.25) is 0 Å². The van der Waals surface area contributed by atoms with Crippen molar-refractivity contribution in [1.82, 2.24) is 0 Å². The predicted octanol–water partition coefficient (Wildman–Crippen LogP) is 2.17. The molecule has 0 aromatic heterocycles. The van der Waals surface area contributed by atoms with Gasteiger partial charge >= 0.3 is 0 Å². The third kappa shape index (κ3) is 2.07. The molecule has 0 aromatic rings. The fourth-order valence-corrected chi connectivity index (χ4v) is 3.91. The van der Waals surface area contributed by atoms with Crippen molar-refractivity contribution < 1.29 is 9.59 Å². The van der Waals surface area contributed by atoms with Crippen molar-refractivity contribution >= 4 is 0 Å². The van der Waals surface area contributed by atoms with E-state index in [-0.39, 0.29) is 0 Å². The van der Waals surface area contributed by atoms with Gasteiger partial charge in [-0.25, -0.2) is 0 Å². The van der Waals surface area contributed by atoms with E-state index in [0.29, 0.717) is 12.0 Å². The Labute approximate surface area is 93.9 Å². The second-order valence-electron chi connectivity index (χ2n) is 6.39. The van der Waals surface area contributed by atoms with Gasteiger partial charge in [-0.15, -0.1) is 0 Å². The molecule has 0 saturated carbocycles. The Kier molecular flexibility index (Phi) is 2.85. The van der Waals surface area contributed by atoms with E-state index in [1.165, 1.54) is 49.7 Å². The van der Waals surface area contributed by atoms with Crippen LogP contribution in [0.5, 0.6) is 0 Å². The maximum Gasteiger partial charge on any atom is 0.0944 e. The predicted molar refractivity (Wildman–Crippen MR) is 62.6 cm³/mol. The zero-order valence-corrected chi connectivity index (χ0v) is 10.5. The van der Waals surface area contributed by atoms with Gasteiger partial charge in [0, 0.05) is 12.3 Å². The molecule has 15 heavy (non-hydrogen) atoms. The molecule has 0 bridgehead atoms. The van der Waals surface area contributed by atoms with Crippen LogP contribution in [-0.2, 0) is 0 Å². The zero-order valence-electron chi connectivity index (χ0n) is 10.5. The highest BCUT2D eigenvalue weighted by molar-refractivity contribution is 4.88. The molecular formula is C13H26NO+. The standard InChI is InChI=1S/C13H26NO/c1-13(2,15)11-7-6-10-14(3)9-5-4-8-12(11)14/h11-12,15H,4-10H2,1-3H3/q+1/t11-,12?,14?/m0/s1. The van der Waals surface area contributed by atoms with Crippen LogP contribution in [0.4, 0.5) is 0 Å². The average Bonchev–Trinajstić information content (AvgIpc) is 2.14. The van der Waals surface area contributed by atoms with Crippen LogP contribution >= 0.6 is 0 Å². The van der Waals surface area contributed by atoms with Gasteiger partial charge in [-0.2, -0.15) is 0 Å². The van der Waals surface area contributed by atoms with E-state index in [0.717, 1.165) is 0 Å². The van der Waals surface area contributed by atoms with Crippen LogP contribution in [-0.4, -0.2) is 41.4 Å². The van der Waals surface area contributed by atoms with E-state index in [1.54, 1.807) is 0 Å². The fourth-order valence-electron chi connectivity index (χ4n) is 3.91. The van der Waals surface area contributed by atoms with Gasteiger partial charge in [-0.1, -0.05) is 0 Å². The molecule has 2 rings (SSSR count). The summed E-state index contributed by atoms with van der Waals surface area (Å²) in [5, 5.41) is 10.3. The van der Waals surface area contributed by atoms with Crippen molar-refractivity contribution in [2.24, 2.45) is 5.92 Å². The van der Waals surface area contributed by atoms with Gasteiger partial charge in [0.25, 0.3) is 0 Å². The van der Waals surface area contributed by atoms with E-state index in [4.69, 9.17) is 0 Å². The third-order valence-electron chi connectivity index (χ3n) is 4.78. The molecule has 2 nitrogen and oxygen atoms in total. The van der Waals surface area contributed by atoms with E-state index in [1.807, 2.05) is 13.8 Å². The van der Waals surface area contributed by atoms with Gasteiger partial charge in [-0.05, 0) is 39.5 Å². The number of aliphatic hydroxyl groups is 1. The summed E-state index contributed by atoms with van der Waals surface area (Å²) >= 11 is 0. The third-order valence-corrected chi connectivity index (χ3v) is 4.78. The zero-order chi connectivity index (χ0) is 11.1. The molecule has 2 heteroatoms. The highest BCUT2D eigenvalue weighted by Gasteiger charge is 2.48. The molecule has 3 atom stereocenters. The summed E-state index contributed by atoms with van der Waals surface area (Å²) in [5.74, 6) is 0.511. The van der Waals surface area contributed by atoms with Crippen LogP contribution in [0, 0.1) is 5.92 Å². The van der Waals surface area contributed by atoms with E-state index < -0.39 is 5.60 Å². The highest BCUT2D eigenvalue weighted by atomic mass is 16.3. The van der Waals surface area contributed by atoms with E-state index in [2.05, 4.69) is 7.05 Å². The maximum absolute atomic E-state index is 10.3. The van der Waals surface area contributed by atoms with Crippen LogP contribution in [0.15, 0.2) is 0 Å². The first-order valence-electron chi connectivity index (χ1n) is 6.50. The van der Waals surface area contributed by atoms with Gasteiger partial charge in [0.1, 0.15) is 0 Å². The topological polar surface area (TPSA) is 20.2 Å². The molecule has 0 amide bonds. The molecule has 2 saturated heterocycles. The lowest BCUT2D eigenvalue weighted by Crippen LogP contribution is -2.64. The van der Waals surface area contributed by atoms with Crippen LogP contribution in [0.25, 0.3) is 0 Å². The molecule has 0 aromatic carbocycles. The fraction of sp³-hybridized carbons (Fsp3) is 1.00. The Balaban J connectivity index is 2.19. The van der Waals surface area contributed by atoms with E-state index in [9.17, 15) is 5.11 Å². The first-order chi connectivity index (χ1) is 6.93. The minimum Gasteiger partial charge on any atom is -0.390 e. The SMILES string of the molecule is CC(C)(O)[C@H]1CCC[N+]2(C)CCCCC12. The summed E-state index contributed by atoms with van der Waals surface area (Å²) in [6.45, 7) is 6.67. The smallest absolute Gasteiger partial charge is 0.0944 e. The van der Waals surface area contributed by atoms with Crippen molar-refractivity contribution in [1.29, 1.82) is 0 Å². The number of hydrogen-bond donors (Lipinski definition) is 1. The summed E-state index contributed by atoms with van der Waals surface area (Å²) in [6, 6.07) is 0.715. The number of piperidine rings is 2. The number of nitrogens with zero attached hydrogens (tertiary/aromatic N) is 1. The van der Waals surface area contributed by atoms with Crippen LogP contribution in [0.1, 0.15) is 46.0 Å². The quantitative estimate of drug-likeness (QED) is 0.660. The molecule has 0 radical (unpaired) electrons. The Hall–Kier alpha value is -0.0800. The average molecular weight is 212 g/mol. The molecule has 2 unspecified atom stereocenters.